The molecule has 0 radical (unpaired) electrons. The summed E-state index contributed by atoms with van der Waals surface area (Å²) in [5.41, 5.74) is 3.58. The number of ether oxygens (including phenoxy) is 8. The summed E-state index contributed by atoms with van der Waals surface area (Å²) in [5.74, 6) is 2.03. The fourth-order valence-electron chi connectivity index (χ4n) is 3.93. The molecule has 0 unspecified atom stereocenters. The van der Waals surface area contributed by atoms with Crippen molar-refractivity contribution in [1.82, 2.24) is 0 Å². The summed E-state index contributed by atoms with van der Waals surface area (Å²) in [6.07, 6.45) is 5.38. The molecule has 4 rings (SSSR count). The maximum Gasteiger partial charge on any atom is 0.269 e. The van der Waals surface area contributed by atoms with Crippen molar-refractivity contribution in [2.75, 3.05) is 55.6 Å². The molecule has 0 amide bonds. The monoisotopic (exact) mass is 722 g/mol. The van der Waals surface area contributed by atoms with Crippen molar-refractivity contribution in [2.45, 2.75) is 13.3 Å². The van der Waals surface area contributed by atoms with Gasteiger partial charge in [0.25, 0.3) is 11.4 Å². The first-order valence-electron chi connectivity index (χ1n) is 15.6. The molecule has 0 aliphatic carbocycles. The Labute approximate surface area is 301 Å². The van der Waals surface area contributed by atoms with E-state index >= 15 is 0 Å². The quantitative estimate of drug-likeness (QED) is 0.0328. The van der Waals surface area contributed by atoms with E-state index < -0.39 is 4.92 Å². The molecule has 0 aliphatic heterocycles. The Morgan fingerprint density at radius 2 is 0.885 bits per heavy atom. The molecule has 0 N–H and O–H groups in total. The minimum Gasteiger partial charge on any atom is -0.464 e. The van der Waals surface area contributed by atoms with Crippen molar-refractivity contribution in [3.63, 3.8) is 0 Å². The van der Waals surface area contributed by atoms with Gasteiger partial charge in [-0.2, -0.15) is 0 Å². The van der Waals surface area contributed by atoms with Crippen molar-refractivity contribution < 1.29 is 52.5 Å². The first-order valence-corrected chi connectivity index (χ1v) is 15.6. The van der Waals surface area contributed by atoms with Gasteiger partial charge in [-0.25, -0.2) is 0 Å². The fraction of sp³-hybridized carbons (Fsp3) is 0.270. The van der Waals surface area contributed by atoms with Crippen LogP contribution in [0.15, 0.2) is 84.9 Å². The van der Waals surface area contributed by atoms with E-state index in [4.69, 9.17) is 37.9 Å². The largest absolute Gasteiger partial charge is 0.464 e. The minimum atomic E-state index is -0.425. The average molecular weight is 723 g/mol. The molecule has 0 saturated carbocycles. The van der Waals surface area contributed by atoms with E-state index in [9.17, 15) is 25.0 Å². The number of aldehydes is 1. The number of hydrogen-bond acceptors (Lipinski definition) is 13. The van der Waals surface area contributed by atoms with E-state index in [0.717, 1.165) is 29.4 Å². The van der Waals surface area contributed by atoms with Crippen LogP contribution in [0.3, 0.4) is 0 Å². The second-order valence-electron chi connectivity index (χ2n) is 10.2. The average Bonchev–Trinajstić information content (AvgIpc) is 3.17. The first-order chi connectivity index (χ1) is 25.2. The summed E-state index contributed by atoms with van der Waals surface area (Å²) >= 11 is 0. The maximum atomic E-state index is 10.7. The molecule has 0 aromatic heterocycles. The van der Waals surface area contributed by atoms with Gasteiger partial charge in [0.05, 0.1) is 9.85 Å². The van der Waals surface area contributed by atoms with Gasteiger partial charge in [-0.05, 0) is 65.6 Å². The first kappa shape index (κ1) is 42.3. The highest BCUT2D eigenvalue weighted by Gasteiger charge is 2.08. The number of carbonyl (C=O) groups excluding carboxylic acids is 1. The Morgan fingerprint density at radius 3 is 1.29 bits per heavy atom. The van der Waals surface area contributed by atoms with Gasteiger partial charge in [-0.15, -0.1) is 0 Å². The molecule has 0 fully saturated rings. The third-order valence-electron chi connectivity index (χ3n) is 6.53. The van der Waals surface area contributed by atoms with Gasteiger partial charge in [0, 0.05) is 58.3 Å². The van der Waals surface area contributed by atoms with E-state index in [0.29, 0.717) is 28.6 Å². The molecule has 4 aromatic rings. The summed E-state index contributed by atoms with van der Waals surface area (Å²) in [6.45, 7) is 2.43. The standard InChI is InChI=1S/C18H19NO6.C11H14O5.C8H9NO2/c1-22-12-24-17-10-7-15(11-18(17)25-13-23-2)4-3-14-5-8-16(9-6-14)19(20)21;1-13-7-15-10-4-3-9(6-12)5-11(10)16-8-14-2;1-2-7-3-5-8(6-4-7)9(10)11/h3-11H,12-13H2,1-2H3;3-6H,7-8H2,1-2H3;3-6H,2H2,1H3. The second-order valence-corrected chi connectivity index (χ2v) is 10.2. The smallest absolute Gasteiger partial charge is 0.269 e. The van der Waals surface area contributed by atoms with Crippen LogP contribution >= 0.6 is 0 Å². The van der Waals surface area contributed by atoms with Crippen LogP contribution in [0.25, 0.3) is 12.2 Å². The van der Waals surface area contributed by atoms with Gasteiger partial charge < -0.3 is 37.9 Å². The van der Waals surface area contributed by atoms with Crippen LogP contribution in [-0.2, 0) is 25.4 Å². The molecule has 278 valence electrons. The fourth-order valence-corrected chi connectivity index (χ4v) is 3.93. The molecule has 0 bridgehead atoms. The zero-order valence-electron chi connectivity index (χ0n) is 29.6. The van der Waals surface area contributed by atoms with E-state index in [1.54, 1.807) is 48.5 Å². The number of methoxy groups -OCH3 is 4. The Hall–Kier alpha value is -5.87. The number of aryl methyl sites for hydroxylation is 1. The zero-order chi connectivity index (χ0) is 38.1. The molecule has 0 spiro atoms. The molecule has 0 atom stereocenters. The Bertz CT molecular complexity index is 1700. The number of non-ortho nitro benzene ring substituents is 2. The SMILES string of the molecule is CCc1ccc([N+](=O)[O-])cc1.COCOc1ccc(C=Cc2ccc([N+](=O)[O-])cc2)cc1OCOC.COCOc1ccc(C=O)cc1OCOC. The highest BCUT2D eigenvalue weighted by molar-refractivity contribution is 5.76. The van der Waals surface area contributed by atoms with Crippen LogP contribution in [0.2, 0.25) is 0 Å². The predicted molar refractivity (Wildman–Crippen MR) is 193 cm³/mol. The van der Waals surface area contributed by atoms with Gasteiger partial charge in [0.1, 0.15) is 6.29 Å². The molecule has 52 heavy (non-hydrogen) atoms. The second kappa shape index (κ2) is 24.3. The maximum absolute atomic E-state index is 10.7. The normalized spacial score (nSPS) is 10.2. The van der Waals surface area contributed by atoms with E-state index in [1.807, 2.05) is 31.2 Å². The lowest BCUT2D eigenvalue weighted by atomic mass is 10.1. The van der Waals surface area contributed by atoms with E-state index in [2.05, 4.69) is 0 Å². The van der Waals surface area contributed by atoms with Gasteiger partial charge >= 0.3 is 0 Å². The molecule has 15 nitrogen and oxygen atoms in total. The summed E-state index contributed by atoms with van der Waals surface area (Å²) in [5, 5.41) is 20.9. The highest BCUT2D eigenvalue weighted by Crippen LogP contribution is 2.30. The Morgan fingerprint density at radius 1 is 0.519 bits per heavy atom. The third kappa shape index (κ3) is 15.3. The lowest BCUT2D eigenvalue weighted by Crippen LogP contribution is -2.04. The van der Waals surface area contributed by atoms with E-state index in [1.165, 1.54) is 52.7 Å². The zero-order valence-corrected chi connectivity index (χ0v) is 29.6. The predicted octanol–water partition coefficient (Wildman–Crippen LogP) is 7.35. The van der Waals surface area contributed by atoms with Crippen molar-refractivity contribution in [3.05, 3.63) is 127 Å². The van der Waals surface area contributed by atoms with Crippen LogP contribution in [-0.4, -0.2) is 71.7 Å². The Balaban J connectivity index is 0.000000296. The Kier molecular flexibility index (Phi) is 19.8. The highest BCUT2D eigenvalue weighted by atomic mass is 16.7. The summed E-state index contributed by atoms with van der Waals surface area (Å²) in [7, 11) is 6.11. The number of benzene rings is 4. The number of rotatable bonds is 18. The van der Waals surface area contributed by atoms with Crippen LogP contribution < -0.4 is 18.9 Å². The summed E-state index contributed by atoms with van der Waals surface area (Å²) in [6, 6.07) is 23.2. The van der Waals surface area contributed by atoms with Gasteiger partial charge in [0.2, 0.25) is 0 Å². The topological polar surface area (TPSA) is 177 Å². The van der Waals surface area contributed by atoms with Crippen molar-refractivity contribution in [1.29, 1.82) is 0 Å². The minimum absolute atomic E-state index is 0.0621. The molecule has 15 heteroatoms. The number of nitro benzene ring substituents is 2. The van der Waals surface area contributed by atoms with Gasteiger partial charge in [-0.1, -0.05) is 37.3 Å². The van der Waals surface area contributed by atoms with Crippen molar-refractivity contribution in [2.24, 2.45) is 0 Å². The molecule has 4 aromatic carbocycles. The molecular formula is C37H42N2O13. The number of nitro groups is 2. The molecule has 0 heterocycles. The van der Waals surface area contributed by atoms with Gasteiger partial charge in [0.15, 0.2) is 50.2 Å². The van der Waals surface area contributed by atoms with Gasteiger partial charge in [-0.3, -0.25) is 25.0 Å². The number of nitrogens with zero attached hydrogens (tertiary/aromatic N) is 2. The number of hydrogen-bond donors (Lipinski definition) is 0. The molecule has 0 saturated heterocycles. The van der Waals surface area contributed by atoms with Crippen LogP contribution in [0.1, 0.15) is 34.0 Å². The molecule has 0 aliphatic rings. The molecular weight excluding hydrogens is 680 g/mol. The van der Waals surface area contributed by atoms with Crippen molar-refractivity contribution in [3.8, 4) is 23.0 Å². The van der Waals surface area contributed by atoms with Crippen LogP contribution in [0, 0.1) is 20.2 Å². The van der Waals surface area contributed by atoms with Crippen LogP contribution in [0.5, 0.6) is 23.0 Å². The van der Waals surface area contributed by atoms with E-state index in [-0.39, 0.29) is 43.5 Å². The lowest BCUT2D eigenvalue weighted by molar-refractivity contribution is -0.385. The van der Waals surface area contributed by atoms with Crippen molar-refractivity contribution >= 4 is 29.8 Å². The summed E-state index contributed by atoms with van der Waals surface area (Å²) < 4.78 is 40.9. The van der Waals surface area contributed by atoms with Crippen LogP contribution in [0.4, 0.5) is 11.4 Å². The lowest BCUT2D eigenvalue weighted by Gasteiger charge is -2.12. The third-order valence-corrected chi connectivity index (χ3v) is 6.53. The number of carbonyl (C=O) groups is 1. The summed E-state index contributed by atoms with van der Waals surface area (Å²) in [4.78, 5) is 30.7.